The molecule has 0 fully saturated rings. The maximum Gasteiger partial charge on any atom is 0.343 e. The number of hydrogen-bond donors (Lipinski definition) is 2. The van der Waals surface area contributed by atoms with E-state index in [0.29, 0.717) is 11.4 Å². The highest BCUT2D eigenvalue weighted by atomic mass is 16.6. The van der Waals surface area contributed by atoms with Crippen molar-refractivity contribution in [3.63, 3.8) is 0 Å². The van der Waals surface area contributed by atoms with Crippen LogP contribution in [0.1, 0.15) is 13.8 Å². The van der Waals surface area contributed by atoms with E-state index in [2.05, 4.69) is 10.1 Å². The van der Waals surface area contributed by atoms with Gasteiger partial charge in [0.15, 0.2) is 6.61 Å². The highest BCUT2D eigenvalue weighted by molar-refractivity contribution is 5.94. The van der Waals surface area contributed by atoms with Crippen molar-refractivity contribution in [3.05, 3.63) is 24.3 Å². The van der Waals surface area contributed by atoms with Gasteiger partial charge in [0.2, 0.25) is 5.91 Å². The molecular weight excluding hydrogens is 260 g/mol. The highest BCUT2D eigenvalue weighted by Gasteiger charge is 2.17. The molecule has 0 heterocycles. The molecule has 0 bridgehead atoms. The predicted octanol–water partition coefficient (Wildman–Crippen LogP) is 1.16. The molecule has 6 heteroatoms. The summed E-state index contributed by atoms with van der Waals surface area (Å²) in [5.41, 5.74) is 6.37. The summed E-state index contributed by atoms with van der Waals surface area (Å²) in [4.78, 5) is 22.7. The van der Waals surface area contributed by atoms with Crippen molar-refractivity contribution in [1.82, 2.24) is 0 Å². The average Bonchev–Trinajstić information content (AvgIpc) is 2.45. The van der Waals surface area contributed by atoms with Crippen molar-refractivity contribution in [1.29, 1.82) is 0 Å². The number of carbonyl (C=O) groups excluding carboxylic acids is 2. The number of carbonyl (C=O) groups is 2. The summed E-state index contributed by atoms with van der Waals surface area (Å²) in [6.45, 7) is 3.61. The molecule has 0 aliphatic heterocycles. The van der Waals surface area contributed by atoms with E-state index >= 15 is 0 Å². The molecule has 0 radical (unpaired) electrons. The molecule has 0 aromatic heterocycles. The quantitative estimate of drug-likeness (QED) is 0.763. The van der Waals surface area contributed by atoms with Crippen LogP contribution in [0.15, 0.2) is 24.3 Å². The molecule has 0 saturated carbocycles. The number of benzene rings is 1. The smallest absolute Gasteiger partial charge is 0.343 e. The maximum absolute atomic E-state index is 11.8. The zero-order chi connectivity index (χ0) is 15.1. The lowest BCUT2D eigenvalue weighted by Gasteiger charge is -2.15. The fourth-order valence-corrected chi connectivity index (χ4v) is 1.36. The Morgan fingerprint density at radius 2 is 1.85 bits per heavy atom. The van der Waals surface area contributed by atoms with Crippen LogP contribution in [0, 0.1) is 5.92 Å². The summed E-state index contributed by atoms with van der Waals surface area (Å²) in [5, 5.41) is 2.72. The minimum Gasteiger partial charge on any atom is -0.482 e. The highest BCUT2D eigenvalue weighted by Crippen LogP contribution is 2.16. The van der Waals surface area contributed by atoms with E-state index in [1.807, 2.05) is 13.8 Å². The number of nitrogens with one attached hydrogen (secondary N) is 1. The molecular formula is C14H20N2O4. The van der Waals surface area contributed by atoms with Gasteiger partial charge in [-0.3, -0.25) is 4.79 Å². The molecule has 0 saturated heterocycles. The normalized spacial score (nSPS) is 11.8. The summed E-state index contributed by atoms with van der Waals surface area (Å²) in [7, 11) is 1.29. The van der Waals surface area contributed by atoms with Crippen LogP contribution in [0.25, 0.3) is 0 Å². The van der Waals surface area contributed by atoms with E-state index in [0.717, 1.165) is 0 Å². The van der Waals surface area contributed by atoms with Gasteiger partial charge in [0.1, 0.15) is 5.75 Å². The molecule has 110 valence electrons. The first-order valence-corrected chi connectivity index (χ1v) is 6.30. The zero-order valence-corrected chi connectivity index (χ0v) is 11.9. The lowest BCUT2D eigenvalue weighted by Crippen LogP contribution is -2.39. The van der Waals surface area contributed by atoms with Crippen LogP contribution < -0.4 is 15.8 Å². The first-order chi connectivity index (χ1) is 9.43. The van der Waals surface area contributed by atoms with Crippen molar-refractivity contribution in [2.24, 2.45) is 11.7 Å². The average molecular weight is 280 g/mol. The van der Waals surface area contributed by atoms with Gasteiger partial charge in [-0.25, -0.2) is 4.79 Å². The van der Waals surface area contributed by atoms with Crippen molar-refractivity contribution < 1.29 is 19.1 Å². The summed E-state index contributed by atoms with van der Waals surface area (Å²) in [5.74, 6) is -0.104. The molecule has 20 heavy (non-hydrogen) atoms. The molecule has 1 rings (SSSR count). The molecule has 3 N–H and O–H groups in total. The number of esters is 1. The minimum absolute atomic E-state index is 0.0673. The third-order valence-electron chi connectivity index (χ3n) is 2.73. The Kier molecular flexibility index (Phi) is 5.99. The second-order valence-corrected chi connectivity index (χ2v) is 4.65. The molecule has 1 unspecified atom stereocenters. The summed E-state index contributed by atoms with van der Waals surface area (Å²) in [6, 6.07) is 6.11. The lowest BCUT2D eigenvalue weighted by molar-refractivity contribution is -0.142. The van der Waals surface area contributed by atoms with E-state index < -0.39 is 12.0 Å². The van der Waals surface area contributed by atoms with E-state index in [1.165, 1.54) is 7.11 Å². The first-order valence-electron chi connectivity index (χ1n) is 6.30. The van der Waals surface area contributed by atoms with Crippen LogP contribution in [-0.2, 0) is 14.3 Å². The fourth-order valence-electron chi connectivity index (χ4n) is 1.36. The summed E-state index contributed by atoms with van der Waals surface area (Å²) in [6.07, 6.45) is 0. The van der Waals surface area contributed by atoms with E-state index in [1.54, 1.807) is 24.3 Å². The van der Waals surface area contributed by atoms with E-state index in [-0.39, 0.29) is 18.4 Å². The van der Waals surface area contributed by atoms with Gasteiger partial charge >= 0.3 is 5.97 Å². The van der Waals surface area contributed by atoms with Crippen LogP contribution >= 0.6 is 0 Å². The van der Waals surface area contributed by atoms with E-state index in [4.69, 9.17) is 10.5 Å². The molecule has 1 amide bonds. The molecule has 1 aromatic carbocycles. The van der Waals surface area contributed by atoms with Crippen LogP contribution in [0.2, 0.25) is 0 Å². The second-order valence-electron chi connectivity index (χ2n) is 4.65. The molecule has 0 aliphatic carbocycles. The molecule has 1 atom stereocenters. The van der Waals surface area contributed by atoms with Gasteiger partial charge in [-0.1, -0.05) is 13.8 Å². The van der Waals surface area contributed by atoms with E-state index in [9.17, 15) is 9.59 Å². The Morgan fingerprint density at radius 3 is 2.35 bits per heavy atom. The minimum atomic E-state index is -0.551. The van der Waals surface area contributed by atoms with Gasteiger partial charge in [-0.2, -0.15) is 0 Å². The van der Waals surface area contributed by atoms with Crippen LogP contribution in [0.5, 0.6) is 5.75 Å². The van der Waals surface area contributed by atoms with Gasteiger partial charge in [0.05, 0.1) is 13.2 Å². The monoisotopic (exact) mass is 280 g/mol. The Hall–Kier alpha value is -2.08. The lowest BCUT2D eigenvalue weighted by atomic mass is 10.1. The number of hydrogen-bond acceptors (Lipinski definition) is 5. The summed E-state index contributed by atoms with van der Waals surface area (Å²) < 4.78 is 9.65. The zero-order valence-electron chi connectivity index (χ0n) is 11.9. The topological polar surface area (TPSA) is 90.6 Å². The number of ether oxygens (including phenoxy) is 2. The van der Waals surface area contributed by atoms with Gasteiger partial charge in [-0.15, -0.1) is 0 Å². The van der Waals surface area contributed by atoms with Crippen LogP contribution in [-0.4, -0.2) is 31.6 Å². The number of methoxy groups -OCH3 is 1. The number of amides is 1. The SMILES string of the molecule is COC(=O)COc1ccc(NC(=O)C(N)C(C)C)cc1. The van der Waals surface area contributed by atoms with Crippen molar-refractivity contribution in [3.8, 4) is 5.75 Å². The Morgan fingerprint density at radius 1 is 1.25 bits per heavy atom. The standard InChI is InChI=1S/C14H20N2O4/c1-9(2)13(15)14(18)16-10-4-6-11(7-5-10)20-8-12(17)19-3/h4-7,9,13H,8,15H2,1-3H3,(H,16,18). The molecule has 0 aliphatic rings. The van der Waals surface area contributed by atoms with Crippen molar-refractivity contribution >= 4 is 17.6 Å². The number of rotatable bonds is 6. The number of nitrogens with two attached hydrogens (primary N) is 1. The summed E-state index contributed by atoms with van der Waals surface area (Å²) >= 11 is 0. The van der Waals surface area contributed by atoms with Crippen molar-refractivity contribution in [2.45, 2.75) is 19.9 Å². The molecule has 1 aromatic rings. The Balaban J connectivity index is 2.54. The predicted molar refractivity (Wildman–Crippen MR) is 75.4 cm³/mol. The van der Waals surface area contributed by atoms with Crippen LogP contribution in [0.4, 0.5) is 5.69 Å². The van der Waals surface area contributed by atoms with Gasteiger partial charge in [-0.05, 0) is 30.2 Å². The Bertz CT molecular complexity index is 457. The maximum atomic E-state index is 11.8. The number of anilines is 1. The van der Waals surface area contributed by atoms with Gasteiger partial charge in [0, 0.05) is 5.69 Å². The van der Waals surface area contributed by atoms with Gasteiger partial charge in [0.25, 0.3) is 0 Å². The Labute approximate surface area is 118 Å². The van der Waals surface area contributed by atoms with Crippen LogP contribution in [0.3, 0.4) is 0 Å². The first kappa shape index (κ1) is 16.0. The van der Waals surface area contributed by atoms with Gasteiger partial charge < -0.3 is 20.5 Å². The fraction of sp³-hybridized carbons (Fsp3) is 0.429. The largest absolute Gasteiger partial charge is 0.482 e. The third kappa shape index (κ3) is 4.89. The van der Waals surface area contributed by atoms with Crippen molar-refractivity contribution in [2.75, 3.05) is 19.0 Å². The third-order valence-corrected chi connectivity index (χ3v) is 2.73. The molecule has 0 spiro atoms. The molecule has 6 nitrogen and oxygen atoms in total. The second kappa shape index (κ2) is 7.49.